The van der Waals surface area contributed by atoms with Crippen LogP contribution in [-0.4, -0.2) is 21.6 Å². The lowest BCUT2D eigenvalue weighted by Gasteiger charge is -2.28. The quantitative estimate of drug-likeness (QED) is 0.243. The van der Waals surface area contributed by atoms with Gasteiger partial charge in [0.25, 0.3) is 5.91 Å². The number of hydrogen-bond acceptors (Lipinski definition) is 3. The molecule has 192 valence electrons. The highest BCUT2D eigenvalue weighted by molar-refractivity contribution is 6.01. The molecule has 1 unspecified atom stereocenters. The highest BCUT2D eigenvalue weighted by Crippen LogP contribution is 2.55. The highest BCUT2D eigenvalue weighted by Gasteiger charge is 2.53. The molecule has 8 heteroatoms. The molecule has 1 atom stereocenters. The number of alkyl halides is 3. The summed E-state index contributed by atoms with van der Waals surface area (Å²) in [6.07, 6.45) is -2.80. The Bertz CT molecular complexity index is 1570. The molecule has 0 spiro atoms. The third-order valence-corrected chi connectivity index (χ3v) is 6.74. The lowest BCUT2D eigenvalue weighted by molar-refractivity contribution is -0.137. The van der Waals surface area contributed by atoms with Gasteiger partial charge in [0.15, 0.2) is 0 Å². The minimum absolute atomic E-state index is 0.183. The van der Waals surface area contributed by atoms with Crippen LogP contribution in [0.25, 0.3) is 10.9 Å². The van der Waals surface area contributed by atoms with Gasteiger partial charge in [-0.1, -0.05) is 36.1 Å². The zero-order valence-corrected chi connectivity index (χ0v) is 20.0. The van der Waals surface area contributed by atoms with Gasteiger partial charge in [-0.2, -0.15) is 13.2 Å². The number of nitrogens with zero attached hydrogens (tertiary/aromatic N) is 1. The number of rotatable bonds is 5. The minimum Gasteiger partial charge on any atom is -0.369 e. The smallest absolute Gasteiger partial charge is 0.369 e. The van der Waals surface area contributed by atoms with Crippen LogP contribution in [0.2, 0.25) is 0 Å². The molecule has 0 aliphatic heterocycles. The summed E-state index contributed by atoms with van der Waals surface area (Å²) >= 11 is 0. The Morgan fingerprint density at radius 2 is 1.76 bits per heavy atom. The molecule has 1 amide bonds. The topological polar surface area (TPSA) is 62.2 Å². The van der Waals surface area contributed by atoms with Gasteiger partial charge in [0.1, 0.15) is 5.82 Å². The molecule has 0 saturated heterocycles. The van der Waals surface area contributed by atoms with E-state index in [4.69, 9.17) is 0 Å². The number of benzene rings is 3. The Labute approximate surface area is 216 Å². The maximum absolute atomic E-state index is 14.8. The van der Waals surface area contributed by atoms with Crippen molar-refractivity contribution in [1.29, 1.82) is 0 Å². The Hall–Kier alpha value is -4.22. The molecule has 1 fully saturated rings. The third kappa shape index (κ3) is 5.24. The van der Waals surface area contributed by atoms with Crippen LogP contribution < -0.4 is 5.32 Å². The number of aliphatic hydroxyl groups is 1. The number of pyridine rings is 1. The first-order valence-electron chi connectivity index (χ1n) is 11.9. The Morgan fingerprint density at radius 1 is 1.00 bits per heavy atom. The van der Waals surface area contributed by atoms with Gasteiger partial charge in [-0.3, -0.25) is 9.78 Å². The van der Waals surface area contributed by atoms with Crippen LogP contribution in [0.15, 0.2) is 85.1 Å². The van der Waals surface area contributed by atoms with E-state index in [2.05, 4.69) is 22.1 Å². The average Bonchev–Trinajstić information content (AvgIpc) is 3.67. The number of fused-ring (bicyclic) bond motifs is 1. The predicted molar refractivity (Wildman–Crippen MR) is 136 cm³/mol. The van der Waals surface area contributed by atoms with Gasteiger partial charge in [0.05, 0.1) is 11.1 Å². The van der Waals surface area contributed by atoms with Crippen molar-refractivity contribution in [3.8, 4) is 11.8 Å². The molecule has 5 rings (SSSR count). The van der Waals surface area contributed by atoms with Crippen molar-refractivity contribution in [1.82, 2.24) is 4.98 Å². The summed E-state index contributed by atoms with van der Waals surface area (Å²) in [7, 11) is 0. The second kappa shape index (κ2) is 9.58. The fraction of sp³-hybridized carbons (Fsp3) is 0.200. The van der Waals surface area contributed by atoms with Crippen LogP contribution in [0.3, 0.4) is 0 Å². The molecule has 1 saturated carbocycles. The van der Waals surface area contributed by atoms with Gasteiger partial charge in [-0.25, -0.2) is 4.39 Å². The van der Waals surface area contributed by atoms with E-state index in [0.29, 0.717) is 35.7 Å². The molecule has 4 nitrogen and oxygen atoms in total. The van der Waals surface area contributed by atoms with Crippen molar-refractivity contribution in [2.75, 3.05) is 5.32 Å². The van der Waals surface area contributed by atoms with E-state index < -0.39 is 34.5 Å². The molecule has 0 radical (unpaired) electrons. The van der Waals surface area contributed by atoms with Gasteiger partial charge >= 0.3 is 6.18 Å². The first-order valence-corrected chi connectivity index (χ1v) is 11.9. The second-order valence-corrected chi connectivity index (χ2v) is 9.49. The predicted octanol–water partition coefficient (Wildman–Crippen LogP) is 6.24. The molecule has 3 aromatic carbocycles. The number of carbonyl (C=O) groups is 1. The Morgan fingerprint density at radius 3 is 2.47 bits per heavy atom. The van der Waals surface area contributed by atoms with Gasteiger partial charge in [0.2, 0.25) is 5.60 Å². The lowest BCUT2D eigenvalue weighted by Crippen LogP contribution is -2.44. The fourth-order valence-corrected chi connectivity index (χ4v) is 4.56. The number of nitrogens with one attached hydrogen (secondary N) is 1. The maximum atomic E-state index is 14.8. The van der Waals surface area contributed by atoms with Crippen LogP contribution in [-0.2, 0) is 16.4 Å². The van der Waals surface area contributed by atoms with E-state index in [1.807, 2.05) is 6.07 Å². The minimum atomic E-state index is -4.66. The number of amides is 1. The van der Waals surface area contributed by atoms with E-state index in [1.165, 1.54) is 0 Å². The second-order valence-electron chi connectivity index (χ2n) is 9.49. The molecule has 4 aromatic rings. The van der Waals surface area contributed by atoms with E-state index in [-0.39, 0.29) is 12.0 Å². The van der Waals surface area contributed by atoms with E-state index in [1.54, 1.807) is 60.8 Å². The summed E-state index contributed by atoms with van der Waals surface area (Å²) in [4.78, 5) is 17.7. The van der Waals surface area contributed by atoms with Crippen LogP contribution in [0.5, 0.6) is 0 Å². The van der Waals surface area contributed by atoms with Crippen LogP contribution in [0.4, 0.5) is 23.2 Å². The molecular formula is C30H22F4N2O2. The standard InChI is InChI=1S/C30H22F4N2O2/c31-25-10-8-22(30(32,33)34)18-24(25)28(14-15-28)19-29(38,13-12-20-5-2-1-3-6-20)27(37)36-23-9-11-26-21(17-23)7-4-16-35-26/h1-11,16-18,38H,14-15,19H2,(H,36,37). The Balaban J connectivity index is 1.51. The van der Waals surface area contributed by atoms with Crippen molar-refractivity contribution < 1.29 is 27.5 Å². The molecule has 1 aliphatic carbocycles. The number of halogens is 4. The van der Waals surface area contributed by atoms with Crippen molar-refractivity contribution in [3.05, 3.63) is 108 Å². The molecule has 0 bridgehead atoms. The number of aromatic nitrogens is 1. The van der Waals surface area contributed by atoms with Crippen molar-refractivity contribution in [2.45, 2.75) is 36.5 Å². The summed E-state index contributed by atoms with van der Waals surface area (Å²) in [6, 6.07) is 19.5. The fourth-order valence-electron chi connectivity index (χ4n) is 4.56. The molecule has 2 N–H and O–H groups in total. The number of carbonyl (C=O) groups excluding carboxylic acids is 1. The molecule has 1 heterocycles. The van der Waals surface area contributed by atoms with Crippen LogP contribution in [0.1, 0.15) is 36.0 Å². The normalized spacial score (nSPS) is 15.7. The molecule has 1 aromatic heterocycles. The van der Waals surface area contributed by atoms with E-state index in [9.17, 15) is 27.5 Å². The lowest BCUT2D eigenvalue weighted by atomic mass is 9.81. The third-order valence-electron chi connectivity index (χ3n) is 6.74. The summed E-state index contributed by atoms with van der Waals surface area (Å²) in [5, 5.41) is 15.1. The largest absolute Gasteiger partial charge is 0.416 e. The summed E-state index contributed by atoms with van der Waals surface area (Å²) in [5.41, 5.74) is -3.05. The van der Waals surface area contributed by atoms with Gasteiger partial charge in [-0.05, 0) is 73.0 Å². The van der Waals surface area contributed by atoms with Crippen molar-refractivity contribution in [2.24, 2.45) is 0 Å². The molecule has 38 heavy (non-hydrogen) atoms. The first kappa shape index (κ1) is 25.4. The highest BCUT2D eigenvalue weighted by atomic mass is 19.4. The van der Waals surface area contributed by atoms with Crippen LogP contribution in [0, 0.1) is 17.7 Å². The Kier molecular flexibility index (Phi) is 6.41. The zero-order chi connectivity index (χ0) is 27.0. The van der Waals surface area contributed by atoms with Gasteiger partial charge < -0.3 is 10.4 Å². The monoisotopic (exact) mass is 518 g/mol. The van der Waals surface area contributed by atoms with Crippen molar-refractivity contribution in [3.63, 3.8) is 0 Å². The first-order chi connectivity index (χ1) is 18.1. The van der Waals surface area contributed by atoms with E-state index in [0.717, 1.165) is 17.5 Å². The SMILES string of the molecule is O=C(Nc1ccc2ncccc2c1)C(O)(C#Cc1ccccc1)CC1(c2cc(C(F)(F)F)ccc2F)CC1. The molecular weight excluding hydrogens is 496 g/mol. The number of hydrogen-bond donors (Lipinski definition) is 2. The van der Waals surface area contributed by atoms with Crippen LogP contribution >= 0.6 is 0 Å². The summed E-state index contributed by atoms with van der Waals surface area (Å²) < 4.78 is 54.9. The zero-order valence-electron chi connectivity index (χ0n) is 20.0. The average molecular weight is 519 g/mol. The number of anilines is 1. The van der Waals surface area contributed by atoms with Crippen molar-refractivity contribution >= 4 is 22.5 Å². The molecule has 1 aliphatic rings. The van der Waals surface area contributed by atoms with Gasteiger partial charge in [0, 0.05) is 34.7 Å². The summed E-state index contributed by atoms with van der Waals surface area (Å²) in [6.45, 7) is 0. The van der Waals surface area contributed by atoms with Gasteiger partial charge in [-0.15, -0.1) is 0 Å². The van der Waals surface area contributed by atoms with E-state index >= 15 is 0 Å². The maximum Gasteiger partial charge on any atom is 0.416 e. The summed E-state index contributed by atoms with van der Waals surface area (Å²) in [5.74, 6) is 3.74.